The Morgan fingerprint density at radius 3 is 1.75 bits per heavy atom. The van der Waals surface area contributed by atoms with E-state index in [0.29, 0.717) is 32.7 Å². The van der Waals surface area contributed by atoms with E-state index in [2.05, 4.69) is 32.1 Å². The smallest absolute Gasteiger partial charge is 0.332 e. The third-order valence-corrected chi connectivity index (χ3v) is 15.4. The van der Waals surface area contributed by atoms with E-state index in [1.807, 2.05) is 40.3 Å². The van der Waals surface area contributed by atoms with Gasteiger partial charge in [0.05, 0.1) is 0 Å². The Hall–Kier alpha value is -4.92. The van der Waals surface area contributed by atoms with E-state index >= 15 is 0 Å². The van der Waals surface area contributed by atoms with Gasteiger partial charge in [0, 0.05) is 69.7 Å². The summed E-state index contributed by atoms with van der Waals surface area (Å²) in [6, 6.07) is 11.7. The molecule has 4 aliphatic carbocycles. The van der Waals surface area contributed by atoms with Crippen molar-refractivity contribution < 1.29 is 26.4 Å². The summed E-state index contributed by atoms with van der Waals surface area (Å²) in [6.07, 6.45) is 21.8. The molecule has 10 rings (SSSR count). The largest absolute Gasteiger partial charge is 0.387 e. The van der Waals surface area contributed by atoms with Gasteiger partial charge in [-0.3, -0.25) is 19.8 Å². The summed E-state index contributed by atoms with van der Waals surface area (Å²) in [5.41, 5.74) is 13.5. The number of ether oxygens (including phenoxy) is 1. The molecular weight excluding hydrogens is 801 g/mol. The molecule has 2 saturated heterocycles. The zero-order valence-corrected chi connectivity index (χ0v) is 35.4. The van der Waals surface area contributed by atoms with E-state index in [1.165, 1.54) is 57.3 Å². The Balaban J connectivity index is 0.000000139. The number of aryl methyl sites for hydroxylation is 4. The standard InChI is InChI=1S/C22H26N4O3S.C13H13NO.C9H13N3O2S/c27-22(24-21-19-5-1-3-16(19)11-17-4-2-6-20(17)21)25-30(28,29)18-13-26(14-18)12-15-7-9-23-10-8-15;14-8-15-13-11-5-1-3-9(11)7-10-4-2-6-12(10)13;10-15(13,14)9-6-12(7-9)5-8-2-1-3-11-4-8/h7-11,18H,1-6,12-14H2,(H2,24,25,27);7H,1-6H2;1-4,9H,5-7H2,(H2,10,13,14). The van der Waals surface area contributed by atoms with Gasteiger partial charge in [0.15, 0.2) is 0 Å². The lowest BCUT2D eigenvalue weighted by Crippen LogP contribution is -2.58. The van der Waals surface area contributed by atoms with Crippen molar-refractivity contribution in [1.82, 2.24) is 24.5 Å². The minimum Gasteiger partial charge on any atom is -0.387 e. The molecule has 0 saturated carbocycles. The average Bonchev–Trinajstić information content (AvgIpc) is 4.03. The zero-order valence-electron chi connectivity index (χ0n) is 33.7. The fraction of sp³-hybridized carbons (Fsp3) is 0.455. The molecule has 4 heterocycles. The van der Waals surface area contributed by atoms with Gasteiger partial charge in [0.25, 0.3) is 6.26 Å². The number of fused-ring (bicyclic) bond motifs is 4. The molecule has 316 valence electrons. The van der Waals surface area contributed by atoms with E-state index in [4.69, 9.17) is 15.1 Å². The van der Waals surface area contributed by atoms with Crippen molar-refractivity contribution in [2.45, 2.75) is 101 Å². The number of sulfonamides is 2. The highest BCUT2D eigenvalue weighted by atomic mass is 32.2. The van der Waals surface area contributed by atoms with Crippen LogP contribution in [0.15, 0.2) is 61.2 Å². The molecule has 4 N–H and O–H groups in total. The summed E-state index contributed by atoms with van der Waals surface area (Å²) < 4.78 is 54.7. The molecule has 2 aromatic heterocycles. The molecule has 4 aromatic rings. The zero-order chi connectivity index (χ0) is 41.9. The molecule has 2 aromatic carbocycles. The summed E-state index contributed by atoms with van der Waals surface area (Å²) in [7, 11) is -7.06. The second kappa shape index (κ2) is 18.0. The second-order valence-electron chi connectivity index (χ2n) is 16.7. The number of nitrogens with zero attached hydrogens (tertiary/aromatic N) is 5. The highest BCUT2D eigenvalue weighted by Crippen LogP contribution is 2.41. The second-order valence-corrected chi connectivity index (χ2v) is 20.5. The van der Waals surface area contributed by atoms with Crippen molar-refractivity contribution in [2.24, 2.45) is 5.14 Å². The van der Waals surface area contributed by atoms with Crippen LogP contribution < -0.4 is 19.9 Å². The molecule has 0 unspecified atom stereocenters. The minimum absolute atomic E-state index is 0.394. The number of carbonyl (C=O) groups excluding carboxylic acids is 1. The fourth-order valence-electron chi connectivity index (χ4n) is 9.45. The first-order valence-electron chi connectivity index (χ1n) is 20.9. The van der Waals surface area contributed by atoms with Crippen molar-refractivity contribution in [3.05, 3.63) is 117 Å². The van der Waals surface area contributed by atoms with Gasteiger partial charge >= 0.3 is 6.03 Å². The highest BCUT2D eigenvalue weighted by molar-refractivity contribution is 7.90. The van der Waals surface area contributed by atoms with Crippen LogP contribution in [0.2, 0.25) is 0 Å². The van der Waals surface area contributed by atoms with Crippen LogP contribution in [0.4, 0.5) is 10.5 Å². The summed E-state index contributed by atoms with van der Waals surface area (Å²) in [6.45, 7) is 3.30. The molecule has 0 spiro atoms. The van der Waals surface area contributed by atoms with Gasteiger partial charge in [-0.25, -0.2) is 31.5 Å². The molecule has 60 heavy (non-hydrogen) atoms. The normalized spacial score (nSPS) is 18.2. The number of hydrogen-bond acceptors (Lipinski definition) is 11. The maximum absolute atomic E-state index is 12.7. The van der Waals surface area contributed by atoms with Crippen molar-refractivity contribution in [3.63, 3.8) is 0 Å². The van der Waals surface area contributed by atoms with Crippen LogP contribution in [0.25, 0.3) is 0 Å². The first kappa shape index (κ1) is 41.8. The summed E-state index contributed by atoms with van der Waals surface area (Å²) in [5, 5.41) is 15.7. The first-order valence-corrected chi connectivity index (χ1v) is 24.1. The number of rotatable bonds is 9. The average molecular weight is 853 g/mol. The number of likely N-dealkylation sites (tertiary alicyclic amines) is 2. The van der Waals surface area contributed by atoms with Crippen molar-refractivity contribution in [3.8, 4) is 12.0 Å². The maximum atomic E-state index is 12.7. The molecule has 0 atom stereocenters. The summed E-state index contributed by atoms with van der Waals surface area (Å²) >= 11 is 0. The van der Waals surface area contributed by atoms with Crippen molar-refractivity contribution in [1.29, 1.82) is 5.26 Å². The lowest BCUT2D eigenvalue weighted by molar-refractivity contribution is 0.175. The van der Waals surface area contributed by atoms with E-state index in [1.54, 1.807) is 24.8 Å². The molecule has 16 heteroatoms. The van der Waals surface area contributed by atoms with Crippen molar-refractivity contribution in [2.75, 3.05) is 31.5 Å². The predicted molar refractivity (Wildman–Crippen MR) is 228 cm³/mol. The molecule has 2 fully saturated rings. The quantitative estimate of drug-likeness (QED) is 0.201. The van der Waals surface area contributed by atoms with Crippen LogP contribution in [0, 0.1) is 11.5 Å². The molecule has 2 aliphatic heterocycles. The van der Waals surface area contributed by atoms with E-state index < -0.39 is 36.6 Å². The van der Waals surface area contributed by atoms with Gasteiger partial charge in [-0.05, 0) is 151 Å². The number of hydrogen-bond donors (Lipinski definition) is 3. The third kappa shape index (κ3) is 9.50. The van der Waals surface area contributed by atoms with Gasteiger partial charge in [-0.15, -0.1) is 5.26 Å². The number of aromatic nitrogens is 2. The maximum Gasteiger partial charge on any atom is 0.332 e. The fourth-order valence-corrected chi connectivity index (χ4v) is 11.6. The number of primary sulfonamides is 1. The van der Waals surface area contributed by atoms with Gasteiger partial charge in [0.2, 0.25) is 20.0 Å². The number of nitrogens with one attached hydrogen (secondary N) is 2. The van der Waals surface area contributed by atoms with Gasteiger partial charge in [0.1, 0.15) is 16.2 Å². The number of urea groups is 1. The van der Waals surface area contributed by atoms with E-state index in [0.717, 1.165) is 93.3 Å². The first-order chi connectivity index (χ1) is 28.9. The number of carbonyl (C=O) groups is 1. The van der Waals surface area contributed by atoms with Gasteiger partial charge in [-0.1, -0.05) is 18.2 Å². The molecule has 2 amide bonds. The number of pyridine rings is 2. The molecule has 6 aliphatic rings. The Morgan fingerprint density at radius 2 is 1.23 bits per heavy atom. The van der Waals surface area contributed by atoms with Crippen LogP contribution >= 0.6 is 0 Å². The SMILES string of the molecule is N#COc1c2c(cc3c1CCC3)CCC2.NS(=O)(=O)C1CN(Cc2cccnc2)C1.O=C(Nc1c2c(cc3c1CCC3)CCC2)NS(=O)(=O)C1CN(Cc2ccncc2)C1. The lowest BCUT2D eigenvalue weighted by Gasteiger charge is -2.38. The minimum atomic E-state index is -3.71. The number of benzene rings is 2. The third-order valence-electron chi connectivity index (χ3n) is 12.5. The highest BCUT2D eigenvalue weighted by Gasteiger charge is 2.39. The Morgan fingerprint density at radius 1 is 0.717 bits per heavy atom. The van der Waals surface area contributed by atoms with Crippen LogP contribution in [-0.2, 0) is 84.5 Å². The Bertz CT molecular complexity index is 2420. The molecule has 0 bridgehead atoms. The topological polar surface area (TPSA) is 201 Å². The van der Waals surface area contributed by atoms with Gasteiger partial charge in [-0.2, -0.15) is 0 Å². The number of amides is 2. The summed E-state index contributed by atoms with van der Waals surface area (Å²) in [4.78, 5) is 24.7. The predicted octanol–water partition coefficient (Wildman–Crippen LogP) is 4.47. The van der Waals surface area contributed by atoms with E-state index in [-0.39, 0.29) is 0 Å². The van der Waals surface area contributed by atoms with Crippen molar-refractivity contribution >= 4 is 31.8 Å². The summed E-state index contributed by atoms with van der Waals surface area (Å²) in [5.74, 6) is 0.903. The lowest BCUT2D eigenvalue weighted by atomic mass is 9.99. The number of anilines is 1. The molecule has 0 radical (unpaired) electrons. The van der Waals surface area contributed by atoms with E-state index in [9.17, 15) is 21.6 Å². The molecule has 14 nitrogen and oxygen atoms in total. The Labute approximate surface area is 352 Å². The van der Waals surface area contributed by atoms with Crippen LogP contribution in [0.1, 0.15) is 81.3 Å². The Kier molecular flexibility index (Phi) is 12.5. The number of nitrogens with two attached hydrogens (primary N) is 1. The monoisotopic (exact) mass is 852 g/mol. The van der Waals surface area contributed by atoms with Gasteiger partial charge < -0.3 is 10.1 Å². The van der Waals surface area contributed by atoms with Crippen LogP contribution in [-0.4, -0.2) is 79.3 Å². The number of nitriles is 1. The van der Waals surface area contributed by atoms with Crippen LogP contribution in [0.3, 0.4) is 0 Å². The van der Waals surface area contributed by atoms with Crippen LogP contribution in [0.5, 0.6) is 5.75 Å². The molecular formula is C44H52N8O6S2.